The van der Waals surface area contributed by atoms with Gasteiger partial charge in [0.25, 0.3) is 0 Å². The zero-order valence-corrected chi connectivity index (χ0v) is 7.91. The van der Waals surface area contributed by atoms with Gasteiger partial charge in [0.1, 0.15) is 0 Å². The zero-order valence-electron chi connectivity index (χ0n) is 7.91. The fourth-order valence-corrected chi connectivity index (χ4v) is 3.46. The number of fused-ring (bicyclic) bond motifs is 4. The highest BCUT2D eigenvalue weighted by Crippen LogP contribution is 2.83. The van der Waals surface area contributed by atoms with E-state index in [9.17, 15) is 0 Å². The summed E-state index contributed by atoms with van der Waals surface area (Å²) in [5.74, 6) is 1.32. The third-order valence-corrected chi connectivity index (χ3v) is 4.30. The summed E-state index contributed by atoms with van der Waals surface area (Å²) in [6.45, 7) is 2.35. The molecule has 0 saturated heterocycles. The molecule has 0 aromatic heterocycles. The Bertz CT molecular complexity index is 547. The number of rotatable bonds is 0. The first kappa shape index (κ1) is 6.84. The van der Waals surface area contributed by atoms with Crippen molar-refractivity contribution in [2.45, 2.75) is 18.8 Å². The molecule has 3 aliphatic rings. The summed E-state index contributed by atoms with van der Waals surface area (Å²) in [7, 11) is 0. The van der Waals surface area contributed by atoms with Crippen LogP contribution < -0.4 is 0 Å². The molecule has 1 nitrogen and oxygen atoms in total. The van der Waals surface area contributed by atoms with Crippen molar-refractivity contribution in [3.8, 4) is 6.07 Å². The number of hydrogen-bond acceptors (Lipinski definition) is 1. The summed E-state index contributed by atoms with van der Waals surface area (Å²) in [6, 6.07) is 8.39. The van der Waals surface area contributed by atoms with Gasteiger partial charge >= 0.3 is 0 Å². The van der Waals surface area contributed by atoms with E-state index in [4.69, 9.17) is 5.26 Å². The topological polar surface area (TPSA) is 23.8 Å². The van der Waals surface area contributed by atoms with Gasteiger partial charge in [-0.3, -0.25) is 0 Å². The van der Waals surface area contributed by atoms with E-state index in [2.05, 4.69) is 31.2 Å². The van der Waals surface area contributed by atoms with Crippen LogP contribution in [-0.4, -0.2) is 0 Å². The summed E-state index contributed by atoms with van der Waals surface area (Å²) in [4.78, 5) is 0. The first-order chi connectivity index (χ1) is 6.76. The molecule has 0 bridgehead atoms. The number of hydrogen-bond donors (Lipinski definition) is 0. The second-order valence-electron chi connectivity index (χ2n) is 4.77. The van der Waals surface area contributed by atoms with Crippen LogP contribution in [0.2, 0.25) is 0 Å². The highest BCUT2D eigenvalue weighted by Gasteiger charge is 2.71. The molecule has 1 saturated carbocycles. The van der Waals surface area contributed by atoms with Gasteiger partial charge in [0, 0.05) is 17.3 Å². The highest BCUT2D eigenvalue weighted by atomic mass is 14.7. The van der Waals surface area contributed by atoms with Crippen LogP contribution in [0.15, 0.2) is 29.8 Å². The summed E-state index contributed by atoms with van der Waals surface area (Å²) in [5.41, 5.74) is 5.78. The molecule has 0 N–H and O–H groups in total. The van der Waals surface area contributed by atoms with Crippen molar-refractivity contribution in [3.05, 3.63) is 46.5 Å². The first-order valence-electron chi connectivity index (χ1n) is 5.03. The van der Waals surface area contributed by atoms with Crippen LogP contribution in [0, 0.1) is 16.7 Å². The number of nitriles is 1. The Labute approximate surface area is 82.7 Å². The van der Waals surface area contributed by atoms with Crippen molar-refractivity contribution < 1.29 is 0 Å². The molecule has 14 heavy (non-hydrogen) atoms. The molecule has 4 rings (SSSR count). The molecule has 0 spiro atoms. The average molecular weight is 179 g/mol. The molecule has 1 aromatic rings. The van der Waals surface area contributed by atoms with Crippen molar-refractivity contribution in [1.82, 2.24) is 0 Å². The molecule has 1 aromatic carbocycles. The van der Waals surface area contributed by atoms with Gasteiger partial charge < -0.3 is 0 Å². The molecule has 66 valence electrons. The summed E-state index contributed by atoms with van der Waals surface area (Å²) < 4.78 is 0. The van der Waals surface area contributed by atoms with Crippen LogP contribution in [0.25, 0.3) is 0 Å². The molecule has 0 unspecified atom stereocenters. The maximum absolute atomic E-state index is 8.85. The van der Waals surface area contributed by atoms with Crippen LogP contribution in [0.4, 0.5) is 0 Å². The summed E-state index contributed by atoms with van der Waals surface area (Å²) >= 11 is 0. The minimum Gasteiger partial charge on any atom is -0.192 e. The van der Waals surface area contributed by atoms with Crippen molar-refractivity contribution in [2.75, 3.05) is 0 Å². The van der Waals surface area contributed by atoms with Gasteiger partial charge in [-0.1, -0.05) is 24.6 Å². The molecule has 0 heterocycles. The Morgan fingerprint density at radius 2 is 2.21 bits per heavy atom. The maximum atomic E-state index is 8.85. The van der Waals surface area contributed by atoms with Crippen LogP contribution in [0.1, 0.15) is 35.4 Å². The largest absolute Gasteiger partial charge is 0.192 e. The van der Waals surface area contributed by atoms with E-state index in [0.29, 0.717) is 17.3 Å². The van der Waals surface area contributed by atoms with Crippen LogP contribution in [0.5, 0.6) is 0 Å². The maximum Gasteiger partial charge on any atom is 0.0991 e. The van der Waals surface area contributed by atoms with Gasteiger partial charge in [0.15, 0.2) is 0 Å². The Kier molecular flexibility index (Phi) is 0.810. The van der Waals surface area contributed by atoms with E-state index < -0.39 is 0 Å². The lowest BCUT2D eigenvalue weighted by Gasteiger charge is -2.25. The van der Waals surface area contributed by atoms with E-state index in [0.717, 1.165) is 5.56 Å². The standard InChI is InChI=1S/C13H9N/c1-13-10-5-11(13)12(13)9-4-7(6-14)2-3-8(9)10/h2-5,10,12H,1H3/t10-,12+,13+/m0/s1. The molecular formula is C13H9N. The lowest BCUT2D eigenvalue weighted by atomic mass is 9.79. The molecule has 3 atom stereocenters. The van der Waals surface area contributed by atoms with Crippen molar-refractivity contribution in [3.63, 3.8) is 0 Å². The Hall–Kier alpha value is -1.55. The minimum atomic E-state index is 0.469. The summed E-state index contributed by atoms with van der Waals surface area (Å²) in [5, 5.41) is 8.85. The highest BCUT2D eigenvalue weighted by molar-refractivity contribution is 5.72. The van der Waals surface area contributed by atoms with Crippen molar-refractivity contribution in [2.24, 2.45) is 5.41 Å². The fraction of sp³-hybridized carbons (Fsp3) is 0.308. The molecule has 1 fully saturated rings. The van der Waals surface area contributed by atoms with E-state index in [1.165, 1.54) is 11.1 Å². The number of benzene rings is 1. The second kappa shape index (κ2) is 1.66. The quantitative estimate of drug-likeness (QED) is 0.562. The summed E-state index contributed by atoms with van der Waals surface area (Å²) in [6.07, 6.45) is 2.40. The van der Waals surface area contributed by atoms with Crippen LogP contribution in [0.3, 0.4) is 0 Å². The Balaban J connectivity index is 1.99. The first-order valence-corrected chi connectivity index (χ1v) is 5.03. The second-order valence-corrected chi connectivity index (χ2v) is 4.77. The normalized spacial score (nSPS) is 39.0. The van der Waals surface area contributed by atoms with Crippen molar-refractivity contribution >= 4 is 0 Å². The van der Waals surface area contributed by atoms with Crippen molar-refractivity contribution in [1.29, 1.82) is 5.26 Å². The van der Waals surface area contributed by atoms with Gasteiger partial charge in [-0.05, 0) is 23.3 Å². The molecular weight excluding hydrogens is 170 g/mol. The number of nitrogens with zero attached hydrogens (tertiary/aromatic N) is 1. The third kappa shape index (κ3) is 0.452. The predicted octanol–water partition coefficient (Wildman–Crippen LogP) is 2.70. The molecule has 0 aliphatic heterocycles. The van der Waals surface area contributed by atoms with Gasteiger partial charge in [0.2, 0.25) is 0 Å². The lowest BCUT2D eigenvalue weighted by molar-refractivity contribution is 0.511. The van der Waals surface area contributed by atoms with Gasteiger partial charge in [0.05, 0.1) is 11.6 Å². The third-order valence-electron chi connectivity index (χ3n) is 4.30. The van der Waals surface area contributed by atoms with Gasteiger partial charge in [-0.15, -0.1) is 0 Å². The Morgan fingerprint density at radius 1 is 1.36 bits per heavy atom. The monoisotopic (exact) mass is 179 g/mol. The predicted molar refractivity (Wildman–Crippen MR) is 52.8 cm³/mol. The van der Waals surface area contributed by atoms with E-state index in [-0.39, 0.29) is 0 Å². The molecule has 0 amide bonds. The Morgan fingerprint density at radius 3 is 3.00 bits per heavy atom. The lowest BCUT2D eigenvalue weighted by Crippen LogP contribution is -2.12. The van der Waals surface area contributed by atoms with E-state index >= 15 is 0 Å². The molecule has 1 heteroatoms. The van der Waals surface area contributed by atoms with Crippen LogP contribution >= 0.6 is 0 Å². The zero-order chi connectivity index (χ0) is 9.50. The molecule has 0 radical (unpaired) electrons. The molecule has 3 aliphatic carbocycles. The fourth-order valence-electron chi connectivity index (χ4n) is 3.46. The minimum absolute atomic E-state index is 0.469. The average Bonchev–Trinajstić information content (AvgIpc) is 2.61. The number of allylic oxidation sites excluding steroid dienone is 2. The van der Waals surface area contributed by atoms with Gasteiger partial charge in [-0.25, -0.2) is 0 Å². The van der Waals surface area contributed by atoms with Crippen LogP contribution in [-0.2, 0) is 0 Å². The SMILES string of the molecule is C[C@]12C3=C[C@H]1c1ccc(C#N)cc1[C@H]32. The van der Waals surface area contributed by atoms with Gasteiger partial charge in [-0.2, -0.15) is 5.26 Å². The smallest absolute Gasteiger partial charge is 0.0991 e. The van der Waals surface area contributed by atoms with E-state index in [1.807, 2.05) is 6.07 Å². The van der Waals surface area contributed by atoms with E-state index in [1.54, 1.807) is 5.57 Å².